The van der Waals surface area contributed by atoms with E-state index in [1.165, 1.54) is 77.0 Å². The molecule has 0 aliphatic carbocycles. The van der Waals surface area contributed by atoms with Crippen LogP contribution in [0.15, 0.2) is 0 Å². The minimum atomic E-state index is -0.862. The second-order valence-electron chi connectivity index (χ2n) is 7.61. The molecular formula is C22H45NO3S. The summed E-state index contributed by atoms with van der Waals surface area (Å²) >= 11 is 4.14. The number of carboxylic acid groups (broad SMARTS) is 1. The van der Waals surface area contributed by atoms with Gasteiger partial charge in [0.1, 0.15) is 6.04 Å². The first-order valence-electron chi connectivity index (χ1n) is 11.4. The minimum Gasteiger partial charge on any atom is -0.480 e. The number of thiol groups is 1. The lowest BCUT2D eigenvalue weighted by atomic mass is 10.0. The van der Waals surface area contributed by atoms with E-state index in [0.717, 1.165) is 19.3 Å². The number of hydrogen-bond donors (Lipinski definition) is 2. The van der Waals surface area contributed by atoms with E-state index in [0.29, 0.717) is 13.2 Å². The monoisotopic (exact) mass is 403 g/mol. The Morgan fingerprint density at radius 3 is 1.63 bits per heavy atom. The zero-order valence-corrected chi connectivity index (χ0v) is 18.9. The average molecular weight is 404 g/mol. The minimum absolute atomic E-state index is 0.272. The van der Waals surface area contributed by atoms with Crippen LogP contribution in [0, 0.1) is 0 Å². The summed E-state index contributed by atoms with van der Waals surface area (Å²) in [4.78, 5) is 16.9. The third-order valence-corrected chi connectivity index (χ3v) is 5.35. The number of nitrogens with zero attached hydrogens (tertiary/aromatic N) is 1. The van der Waals surface area contributed by atoms with Gasteiger partial charge in [-0.25, -0.2) is 0 Å². The van der Waals surface area contributed by atoms with E-state index >= 15 is 0 Å². The zero-order valence-electron chi connectivity index (χ0n) is 18.0. The molecule has 0 aliphatic heterocycles. The Balaban J connectivity index is 3.46. The highest BCUT2D eigenvalue weighted by molar-refractivity contribution is 7.80. The van der Waals surface area contributed by atoms with Crippen molar-refractivity contribution in [2.45, 2.75) is 116 Å². The van der Waals surface area contributed by atoms with Gasteiger partial charge in [0.2, 0.25) is 0 Å². The fraction of sp³-hybridized carbons (Fsp3) is 0.955. The highest BCUT2D eigenvalue weighted by Crippen LogP contribution is 2.13. The molecule has 0 spiro atoms. The van der Waals surface area contributed by atoms with E-state index in [1.807, 2.05) is 6.92 Å². The van der Waals surface area contributed by atoms with E-state index in [1.54, 1.807) is 5.06 Å². The second-order valence-corrected chi connectivity index (χ2v) is 7.97. The van der Waals surface area contributed by atoms with Crippen LogP contribution in [0.5, 0.6) is 0 Å². The van der Waals surface area contributed by atoms with Crippen molar-refractivity contribution in [2.75, 3.05) is 18.9 Å². The molecular weight excluding hydrogens is 358 g/mol. The fourth-order valence-corrected chi connectivity index (χ4v) is 3.64. The van der Waals surface area contributed by atoms with Gasteiger partial charge in [-0.1, -0.05) is 97.3 Å². The second kappa shape index (κ2) is 20.5. The topological polar surface area (TPSA) is 49.8 Å². The lowest BCUT2D eigenvalue weighted by Gasteiger charge is -2.26. The van der Waals surface area contributed by atoms with Gasteiger partial charge in [-0.05, 0) is 12.8 Å². The Morgan fingerprint density at radius 2 is 1.26 bits per heavy atom. The number of rotatable bonds is 21. The molecule has 0 radical (unpaired) electrons. The van der Waals surface area contributed by atoms with Crippen LogP contribution in [-0.2, 0) is 9.63 Å². The summed E-state index contributed by atoms with van der Waals surface area (Å²) in [5.74, 6) is -0.590. The molecule has 5 heteroatoms. The first-order chi connectivity index (χ1) is 13.2. The molecule has 0 aromatic rings. The molecule has 162 valence electrons. The largest absolute Gasteiger partial charge is 0.480 e. The van der Waals surface area contributed by atoms with E-state index in [-0.39, 0.29) is 5.75 Å². The number of carboxylic acids is 1. The van der Waals surface area contributed by atoms with Crippen LogP contribution < -0.4 is 0 Å². The quantitative estimate of drug-likeness (QED) is 0.131. The number of carbonyl (C=O) groups is 1. The van der Waals surface area contributed by atoms with E-state index in [4.69, 9.17) is 4.84 Å². The molecule has 0 amide bonds. The first kappa shape index (κ1) is 26.7. The van der Waals surface area contributed by atoms with Crippen LogP contribution >= 0.6 is 12.6 Å². The molecule has 4 nitrogen and oxygen atoms in total. The van der Waals surface area contributed by atoms with Crippen LogP contribution in [0.3, 0.4) is 0 Å². The molecule has 0 saturated carbocycles. The summed E-state index contributed by atoms with van der Waals surface area (Å²) in [6, 6.07) is -0.653. The Labute approximate surface area is 173 Å². The molecule has 0 aromatic carbocycles. The Morgan fingerprint density at radius 1 is 0.815 bits per heavy atom. The smallest absolute Gasteiger partial charge is 0.324 e. The van der Waals surface area contributed by atoms with Crippen LogP contribution in [0.4, 0.5) is 0 Å². The van der Waals surface area contributed by atoms with E-state index in [9.17, 15) is 9.90 Å². The third-order valence-electron chi connectivity index (χ3n) is 5.00. The van der Waals surface area contributed by atoms with Crippen molar-refractivity contribution in [1.29, 1.82) is 0 Å². The normalized spacial score (nSPS) is 12.6. The highest BCUT2D eigenvalue weighted by Gasteiger charge is 2.24. The standard InChI is InChI=1S/C22H45NO3S/c1-3-5-6-7-8-9-10-11-12-13-14-15-16-17-19-26-23(18-4-2)21(20-27)22(24)25/h21,27H,3-20H2,1-2H3,(H,24,25)/t21-/m0/s1. The molecule has 0 unspecified atom stereocenters. The van der Waals surface area contributed by atoms with Gasteiger partial charge in [-0.3, -0.25) is 9.63 Å². The molecule has 0 rings (SSSR count). The Bertz CT molecular complexity index is 329. The summed E-state index contributed by atoms with van der Waals surface area (Å²) in [5, 5.41) is 10.8. The van der Waals surface area contributed by atoms with Gasteiger partial charge in [0.15, 0.2) is 0 Å². The van der Waals surface area contributed by atoms with Gasteiger partial charge in [0, 0.05) is 12.3 Å². The van der Waals surface area contributed by atoms with Gasteiger partial charge in [-0.2, -0.15) is 17.7 Å². The first-order valence-corrected chi connectivity index (χ1v) is 12.0. The van der Waals surface area contributed by atoms with Gasteiger partial charge < -0.3 is 5.11 Å². The molecule has 0 aliphatic rings. The summed E-state index contributed by atoms with van der Waals surface area (Å²) in [6.45, 7) is 5.54. The third kappa shape index (κ3) is 16.4. The van der Waals surface area contributed by atoms with Crippen molar-refractivity contribution >= 4 is 18.6 Å². The number of hydroxylamine groups is 2. The van der Waals surface area contributed by atoms with Crippen molar-refractivity contribution in [2.24, 2.45) is 0 Å². The Kier molecular flexibility index (Phi) is 20.3. The van der Waals surface area contributed by atoms with Gasteiger partial charge in [0.25, 0.3) is 0 Å². The van der Waals surface area contributed by atoms with Crippen molar-refractivity contribution < 1.29 is 14.7 Å². The van der Waals surface area contributed by atoms with Gasteiger partial charge in [0.05, 0.1) is 6.61 Å². The maximum absolute atomic E-state index is 11.2. The van der Waals surface area contributed by atoms with Crippen molar-refractivity contribution in [3.63, 3.8) is 0 Å². The average Bonchev–Trinajstić information content (AvgIpc) is 2.65. The van der Waals surface area contributed by atoms with Crippen LogP contribution in [0.25, 0.3) is 0 Å². The molecule has 0 saturated heterocycles. The fourth-order valence-electron chi connectivity index (χ4n) is 3.30. The zero-order chi connectivity index (χ0) is 20.2. The van der Waals surface area contributed by atoms with Crippen LogP contribution in [0.2, 0.25) is 0 Å². The SMILES string of the molecule is CCCCCCCCCCCCCCCCON(CCC)[C@@H](CS)C(=O)O. The molecule has 0 heterocycles. The predicted molar refractivity (Wildman–Crippen MR) is 119 cm³/mol. The van der Waals surface area contributed by atoms with Crippen molar-refractivity contribution in [3.05, 3.63) is 0 Å². The maximum atomic E-state index is 11.2. The lowest BCUT2D eigenvalue weighted by molar-refractivity contribution is -0.195. The summed E-state index contributed by atoms with van der Waals surface area (Å²) in [6.07, 6.45) is 19.5. The highest BCUT2D eigenvalue weighted by atomic mass is 32.1. The molecule has 1 atom stereocenters. The molecule has 0 fully saturated rings. The molecule has 0 bridgehead atoms. The van der Waals surface area contributed by atoms with Crippen LogP contribution in [-0.4, -0.2) is 41.1 Å². The summed E-state index contributed by atoms with van der Waals surface area (Å²) < 4.78 is 0. The van der Waals surface area contributed by atoms with Gasteiger partial charge >= 0.3 is 5.97 Å². The van der Waals surface area contributed by atoms with Crippen LogP contribution in [0.1, 0.15) is 110 Å². The number of unbranched alkanes of at least 4 members (excludes halogenated alkanes) is 13. The molecule has 0 aromatic heterocycles. The number of aliphatic carboxylic acids is 1. The van der Waals surface area contributed by atoms with Crippen molar-refractivity contribution in [1.82, 2.24) is 5.06 Å². The van der Waals surface area contributed by atoms with E-state index < -0.39 is 12.0 Å². The molecule has 1 N–H and O–H groups in total. The maximum Gasteiger partial charge on any atom is 0.324 e. The molecule has 27 heavy (non-hydrogen) atoms. The Hall–Kier alpha value is -0.260. The summed E-state index contributed by atoms with van der Waals surface area (Å²) in [5.41, 5.74) is 0. The van der Waals surface area contributed by atoms with Gasteiger partial charge in [-0.15, -0.1) is 0 Å². The lowest BCUT2D eigenvalue weighted by Crippen LogP contribution is -2.43. The predicted octanol–water partition coefficient (Wildman–Crippen LogP) is 6.49. The number of hydrogen-bond acceptors (Lipinski definition) is 4. The summed E-state index contributed by atoms with van der Waals surface area (Å²) in [7, 11) is 0. The van der Waals surface area contributed by atoms with Crippen molar-refractivity contribution in [3.8, 4) is 0 Å². The van der Waals surface area contributed by atoms with E-state index in [2.05, 4.69) is 19.6 Å².